The Morgan fingerprint density at radius 1 is 0.778 bits per heavy atom. The molecule has 0 aromatic rings. The summed E-state index contributed by atoms with van der Waals surface area (Å²) in [6.07, 6.45) is 12.9. The molecule has 0 aliphatic heterocycles. The maximum absolute atomic E-state index is 6.14. The maximum atomic E-state index is 6.14. The van der Waals surface area contributed by atoms with Crippen molar-refractivity contribution in [3.63, 3.8) is 0 Å². The van der Waals surface area contributed by atoms with Crippen molar-refractivity contribution in [1.82, 2.24) is 5.32 Å². The van der Waals surface area contributed by atoms with Crippen molar-refractivity contribution >= 4 is 0 Å². The molecule has 0 aromatic heterocycles. The van der Waals surface area contributed by atoms with Crippen LogP contribution >= 0.6 is 0 Å². The lowest BCUT2D eigenvalue weighted by molar-refractivity contribution is -0.0194. The molecule has 5 aliphatic carbocycles. The summed E-state index contributed by atoms with van der Waals surface area (Å²) in [5.41, 5.74) is 6.14. The van der Waals surface area contributed by atoms with Gasteiger partial charge in [0.05, 0.1) is 0 Å². The molecule has 0 aromatic carbocycles. The molecule has 2 unspecified atom stereocenters. The van der Waals surface area contributed by atoms with Crippen molar-refractivity contribution < 1.29 is 0 Å². The number of hydrogen-bond donors (Lipinski definition) is 2. The van der Waals surface area contributed by atoms with Crippen LogP contribution in [0.5, 0.6) is 0 Å². The van der Waals surface area contributed by atoms with E-state index in [1.165, 1.54) is 51.4 Å². The summed E-state index contributed by atoms with van der Waals surface area (Å²) in [6, 6.07) is 2.05. The summed E-state index contributed by atoms with van der Waals surface area (Å²) in [5, 5.41) is 4.05. The van der Waals surface area contributed by atoms with Gasteiger partial charge in [-0.3, -0.25) is 0 Å². The summed E-state index contributed by atoms with van der Waals surface area (Å²) in [6.45, 7) is 0. The lowest BCUT2D eigenvalue weighted by atomic mass is 9.54. The molecule has 102 valence electrons. The normalized spacial score (nSPS) is 54.8. The van der Waals surface area contributed by atoms with Gasteiger partial charge in [-0.25, -0.2) is 0 Å². The molecule has 2 atom stereocenters. The molecule has 0 saturated heterocycles. The molecule has 5 fully saturated rings. The monoisotopic (exact) mass is 248 g/mol. The Kier molecular flexibility index (Phi) is 2.92. The van der Waals surface area contributed by atoms with Crippen LogP contribution in [0.25, 0.3) is 0 Å². The first-order valence-corrected chi connectivity index (χ1v) is 8.29. The van der Waals surface area contributed by atoms with Gasteiger partial charge in [0.25, 0.3) is 0 Å². The quantitative estimate of drug-likeness (QED) is 0.788. The Hall–Kier alpha value is -0.0800. The molecule has 0 heterocycles. The van der Waals surface area contributed by atoms with Crippen molar-refractivity contribution in [1.29, 1.82) is 0 Å². The predicted molar refractivity (Wildman–Crippen MR) is 74.2 cm³/mol. The van der Waals surface area contributed by atoms with E-state index in [0.29, 0.717) is 6.04 Å². The summed E-state index contributed by atoms with van der Waals surface area (Å²) in [4.78, 5) is 0. The fourth-order valence-corrected chi connectivity index (χ4v) is 5.85. The first-order chi connectivity index (χ1) is 8.78. The van der Waals surface area contributed by atoms with Gasteiger partial charge in [-0.05, 0) is 75.0 Å². The Balaban J connectivity index is 1.42. The van der Waals surface area contributed by atoms with E-state index < -0.39 is 0 Å². The average molecular weight is 248 g/mol. The van der Waals surface area contributed by atoms with E-state index in [1.807, 2.05) is 0 Å². The summed E-state index contributed by atoms with van der Waals surface area (Å²) < 4.78 is 0. The lowest BCUT2D eigenvalue weighted by Gasteiger charge is -2.55. The van der Waals surface area contributed by atoms with Crippen molar-refractivity contribution in [2.24, 2.45) is 29.4 Å². The summed E-state index contributed by atoms with van der Waals surface area (Å²) in [7, 11) is 0. The number of hydrogen-bond acceptors (Lipinski definition) is 2. The zero-order valence-corrected chi connectivity index (χ0v) is 11.5. The Morgan fingerprint density at radius 3 is 2.06 bits per heavy atom. The second kappa shape index (κ2) is 4.49. The second-order valence-electron chi connectivity index (χ2n) is 7.75. The molecule has 2 heteroatoms. The minimum atomic E-state index is 0.466. The molecule has 18 heavy (non-hydrogen) atoms. The highest BCUT2D eigenvalue weighted by Crippen LogP contribution is 2.53. The SMILES string of the molecule is NC1CCCC(NC2C3CC4CC(C3)CC2C4)C1. The molecule has 0 spiro atoms. The molecule has 0 radical (unpaired) electrons. The van der Waals surface area contributed by atoms with Crippen LogP contribution in [0.15, 0.2) is 0 Å². The zero-order valence-electron chi connectivity index (χ0n) is 11.5. The van der Waals surface area contributed by atoms with E-state index in [9.17, 15) is 0 Å². The van der Waals surface area contributed by atoms with Gasteiger partial charge < -0.3 is 11.1 Å². The molecule has 5 saturated carbocycles. The van der Waals surface area contributed by atoms with Crippen molar-refractivity contribution in [2.75, 3.05) is 0 Å². The van der Waals surface area contributed by atoms with E-state index in [1.54, 1.807) is 6.42 Å². The topological polar surface area (TPSA) is 38.0 Å². The highest BCUT2D eigenvalue weighted by atomic mass is 15.0. The van der Waals surface area contributed by atoms with Crippen molar-refractivity contribution in [3.8, 4) is 0 Å². The van der Waals surface area contributed by atoms with E-state index in [-0.39, 0.29) is 0 Å². The number of rotatable bonds is 2. The van der Waals surface area contributed by atoms with Crippen LogP contribution < -0.4 is 11.1 Å². The lowest BCUT2D eigenvalue weighted by Crippen LogP contribution is -2.57. The molecule has 0 amide bonds. The van der Waals surface area contributed by atoms with Gasteiger partial charge in [0.1, 0.15) is 0 Å². The van der Waals surface area contributed by atoms with E-state index >= 15 is 0 Å². The summed E-state index contributed by atoms with van der Waals surface area (Å²) >= 11 is 0. The smallest absolute Gasteiger partial charge is 0.0127 e. The Labute approximate surface area is 111 Å². The van der Waals surface area contributed by atoms with Crippen LogP contribution in [0, 0.1) is 23.7 Å². The largest absolute Gasteiger partial charge is 0.328 e. The van der Waals surface area contributed by atoms with Gasteiger partial charge in [-0.15, -0.1) is 0 Å². The second-order valence-corrected chi connectivity index (χ2v) is 7.75. The minimum Gasteiger partial charge on any atom is -0.328 e. The van der Waals surface area contributed by atoms with Gasteiger partial charge >= 0.3 is 0 Å². The van der Waals surface area contributed by atoms with Crippen molar-refractivity contribution in [3.05, 3.63) is 0 Å². The van der Waals surface area contributed by atoms with Gasteiger partial charge in [-0.1, -0.05) is 6.42 Å². The standard InChI is InChI=1S/C16H28N2/c17-14-2-1-3-15(9-14)18-16-12-5-10-4-11(7-12)8-13(16)6-10/h10-16,18H,1-9,17H2. The third kappa shape index (κ3) is 2.02. The van der Waals surface area contributed by atoms with E-state index in [4.69, 9.17) is 5.73 Å². The van der Waals surface area contributed by atoms with Crippen LogP contribution in [0.1, 0.15) is 57.8 Å². The van der Waals surface area contributed by atoms with Crippen LogP contribution in [-0.4, -0.2) is 18.1 Å². The first kappa shape index (κ1) is 11.7. The average Bonchev–Trinajstić information content (AvgIpc) is 2.33. The summed E-state index contributed by atoms with van der Waals surface area (Å²) in [5.74, 6) is 4.22. The number of nitrogens with one attached hydrogen (secondary N) is 1. The fraction of sp³-hybridized carbons (Fsp3) is 1.00. The highest BCUT2D eigenvalue weighted by molar-refractivity contribution is 5.02. The van der Waals surface area contributed by atoms with Crippen molar-refractivity contribution in [2.45, 2.75) is 75.9 Å². The van der Waals surface area contributed by atoms with Gasteiger partial charge in [-0.2, -0.15) is 0 Å². The molecule has 4 bridgehead atoms. The molecular weight excluding hydrogens is 220 g/mol. The zero-order chi connectivity index (χ0) is 12.1. The Morgan fingerprint density at radius 2 is 1.44 bits per heavy atom. The first-order valence-electron chi connectivity index (χ1n) is 8.29. The van der Waals surface area contributed by atoms with Crippen LogP contribution in [-0.2, 0) is 0 Å². The Bertz CT molecular complexity index is 286. The highest BCUT2D eigenvalue weighted by Gasteiger charge is 2.48. The van der Waals surface area contributed by atoms with Crippen LogP contribution in [0.4, 0.5) is 0 Å². The molecule has 5 aliphatic rings. The third-order valence-electron chi connectivity index (χ3n) is 6.37. The van der Waals surface area contributed by atoms with E-state index in [2.05, 4.69) is 5.32 Å². The minimum absolute atomic E-state index is 0.466. The number of nitrogens with two attached hydrogens (primary N) is 1. The third-order valence-corrected chi connectivity index (χ3v) is 6.37. The molecule has 3 N–H and O–H groups in total. The predicted octanol–water partition coefficient (Wildman–Crippen LogP) is 2.67. The molecule has 5 rings (SSSR count). The molecule has 2 nitrogen and oxygen atoms in total. The van der Waals surface area contributed by atoms with Gasteiger partial charge in [0.15, 0.2) is 0 Å². The van der Waals surface area contributed by atoms with Gasteiger partial charge in [0.2, 0.25) is 0 Å². The molecular formula is C16H28N2. The van der Waals surface area contributed by atoms with Crippen LogP contribution in [0.3, 0.4) is 0 Å². The maximum Gasteiger partial charge on any atom is 0.0127 e. The van der Waals surface area contributed by atoms with Gasteiger partial charge in [0, 0.05) is 18.1 Å². The fourth-order valence-electron chi connectivity index (χ4n) is 5.85. The van der Waals surface area contributed by atoms with Crippen LogP contribution in [0.2, 0.25) is 0 Å². The van der Waals surface area contributed by atoms with E-state index in [0.717, 1.165) is 35.8 Å².